The van der Waals surface area contributed by atoms with Gasteiger partial charge in [0.1, 0.15) is 24.7 Å². The van der Waals surface area contributed by atoms with E-state index in [2.05, 4.69) is 20.9 Å². The summed E-state index contributed by atoms with van der Waals surface area (Å²) in [5.41, 5.74) is 17.4. The van der Waals surface area contributed by atoms with Gasteiger partial charge in [0.05, 0.1) is 64.2 Å². The summed E-state index contributed by atoms with van der Waals surface area (Å²) < 4.78 is 21.7. The molecule has 0 bridgehead atoms. The lowest BCUT2D eigenvalue weighted by Gasteiger charge is -2.30. The van der Waals surface area contributed by atoms with Gasteiger partial charge in [0, 0.05) is 57.7 Å². The summed E-state index contributed by atoms with van der Waals surface area (Å²) in [6, 6.07) is 4.56. The van der Waals surface area contributed by atoms with Crippen molar-refractivity contribution in [3.8, 4) is 5.75 Å². The van der Waals surface area contributed by atoms with Crippen molar-refractivity contribution < 1.29 is 77.4 Å². The van der Waals surface area contributed by atoms with Gasteiger partial charge in [-0.25, -0.2) is 0 Å². The molecule has 0 fully saturated rings. The minimum absolute atomic E-state index is 0.0318. The van der Waals surface area contributed by atoms with Crippen molar-refractivity contribution in [2.45, 2.75) is 180 Å². The maximum Gasteiger partial charge on any atom is 0.306 e. The first-order chi connectivity index (χ1) is 40.2. The molecule has 0 aliphatic rings. The van der Waals surface area contributed by atoms with Gasteiger partial charge < -0.3 is 67.4 Å². The van der Waals surface area contributed by atoms with Crippen LogP contribution in [0, 0.1) is 17.8 Å². The Labute approximate surface area is 497 Å². The van der Waals surface area contributed by atoms with Gasteiger partial charge in [0.15, 0.2) is 17.5 Å². The fraction of sp³-hybridized carbons (Fsp3) is 0.733. The van der Waals surface area contributed by atoms with E-state index < -0.39 is 47.7 Å². The predicted octanol–water partition coefficient (Wildman–Crippen LogP) is 4.51. The Kier molecular flexibility index (Phi) is 43.6. The fourth-order valence-electron chi connectivity index (χ4n) is 9.28. The first-order valence-electron chi connectivity index (χ1n) is 30.2. The number of nitrogens with zero attached hydrogens (tertiary/aromatic N) is 2. The third kappa shape index (κ3) is 40.2. The summed E-state index contributed by atoms with van der Waals surface area (Å²) in [5, 5.41) is 36.1. The Morgan fingerprint density at radius 2 is 1.11 bits per heavy atom. The van der Waals surface area contributed by atoms with Crippen molar-refractivity contribution in [1.29, 1.82) is 0 Å². The number of likely N-dealkylation sites (N-methyl/N-ethyl adjacent to an activating group) is 1. The lowest BCUT2D eigenvalue weighted by Crippen LogP contribution is -2.51. The summed E-state index contributed by atoms with van der Waals surface area (Å²) in [6.07, 6.45) is 16.8. The van der Waals surface area contributed by atoms with Crippen molar-refractivity contribution in [2.75, 3.05) is 86.1 Å². The highest BCUT2D eigenvalue weighted by Gasteiger charge is 2.32. The standard InChI is InChI=1S/C60H102N8O16/c1-4-44(2)57(52(72)41-68(3)50(21-19-29-66-60(62)63)51(71)40-47(58(61)78)38-45-23-26-48(69)27-24-45)67-55(75)43-84-37-35-82-33-31-65-54(74)42-83-36-34-81-32-30-64-53(73)28-25-46(59(79)80)39-49(70)20-17-15-13-11-9-7-5-6-8-10-12-14-16-18-22-56(76)77/h23-24,26-27,44,46-47,50,57,69H,4-22,25,28-43H2,1-3H3,(H2,61,78)(H,64,73)(H,65,74)(H,67,75)(H,76,77)(H,79,80)(H4,62,63,66)/t44-,46+,47+,50-,57-/m0/s1. The van der Waals surface area contributed by atoms with E-state index in [1.807, 2.05) is 13.8 Å². The van der Waals surface area contributed by atoms with Gasteiger partial charge in [-0.3, -0.25) is 53.0 Å². The molecular formula is C60H102N8O16. The largest absolute Gasteiger partial charge is 0.508 e. The van der Waals surface area contributed by atoms with E-state index in [0.29, 0.717) is 24.8 Å². The zero-order chi connectivity index (χ0) is 62.3. The van der Waals surface area contributed by atoms with Crippen LogP contribution in [0.25, 0.3) is 0 Å². The van der Waals surface area contributed by atoms with E-state index in [1.54, 1.807) is 24.1 Å². The molecule has 24 nitrogen and oxygen atoms in total. The van der Waals surface area contributed by atoms with Gasteiger partial charge in [0.2, 0.25) is 23.6 Å². The Morgan fingerprint density at radius 3 is 1.62 bits per heavy atom. The molecule has 0 aliphatic heterocycles. The SMILES string of the molecule is CC[C@H](C)[C@H](NC(=O)COCCOCCNC(=O)COCCOCCNC(=O)CC[C@H](CC(=O)CCCCCCCCCCCCCCCCC(=O)O)C(=O)O)C(=O)CN(C)[C@@H](CCCN=C(N)N)C(=O)C[C@@H](Cc1ccc(O)cc1)C(N)=O. The van der Waals surface area contributed by atoms with Crippen LogP contribution in [0.2, 0.25) is 0 Å². The molecule has 4 amide bonds. The first-order valence-corrected chi connectivity index (χ1v) is 30.2. The first kappa shape index (κ1) is 75.9. The number of nitrogens with one attached hydrogen (secondary N) is 3. The topological polar surface area (TPSA) is 381 Å². The number of phenolic OH excluding ortho intramolecular Hbond substituents is 1. The molecule has 478 valence electrons. The molecule has 0 spiro atoms. The summed E-state index contributed by atoms with van der Waals surface area (Å²) in [7, 11) is 1.62. The molecule has 24 heteroatoms. The average Bonchev–Trinajstić information content (AvgIpc) is 3.61. The molecule has 0 unspecified atom stereocenters. The molecule has 0 aromatic heterocycles. The Hall–Kier alpha value is -6.08. The number of carboxylic acids is 2. The van der Waals surface area contributed by atoms with E-state index in [9.17, 15) is 53.4 Å². The predicted molar refractivity (Wildman–Crippen MR) is 318 cm³/mol. The highest BCUT2D eigenvalue weighted by molar-refractivity contribution is 5.93. The lowest BCUT2D eigenvalue weighted by molar-refractivity contribution is -0.144. The molecule has 0 aliphatic carbocycles. The van der Waals surface area contributed by atoms with Gasteiger partial charge in [-0.2, -0.15) is 0 Å². The molecule has 0 saturated carbocycles. The number of phenols is 1. The molecule has 84 heavy (non-hydrogen) atoms. The molecule has 1 aromatic carbocycles. The number of ketones is 3. The number of hydrogen-bond acceptors (Lipinski definition) is 16. The van der Waals surface area contributed by atoms with Gasteiger partial charge in [-0.05, 0) is 69.2 Å². The number of rotatable bonds is 56. The third-order valence-corrected chi connectivity index (χ3v) is 14.4. The molecule has 0 heterocycles. The van der Waals surface area contributed by atoms with Crippen LogP contribution in [0.5, 0.6) is 5.75 Å². The number of ether oxygens (including phenoxy) is 4. The molecule has 5 atom stereocenters. The second kappa shape index (κ2) is 48.2. The number of aromatic hydroxyl groups is 1. The number of unbranched alkanes of at least 4 members (excludes halogenated alkanes) is 13. The van der Waals surface area contributed by atoms with Gasteiger partial charge >= 0.3 is 11.9 Å². The molecule has 12 N–H and O–H groups in total. The zero-order valence-corrected chi connectivity index (χ0v) is 50.4. The molecule has 1 aromatic rings. The van der Waals surface area contributed by atoms with Crippen LogP contribution in [0.15, 0.2) is 29.3 Å². The number of hydrogen-bond donors (Lipinski definition) is 9. The van der Waals surface area contributed by atoms with Crippen LogP contribution in [0.1, 0.15) is 167 Å². The molecule has 1 rings (SSSR count). The maximum absolute atomic E-state index is 13.8. The van der Waals surface area contributed by atoms with Gasteiger partial charge in [0.25, 0.3) is 0 Å². The molecule has 0 radical (unpaired) electrons. The van der Waals surface area contributed by atoms with Crippen LogP contribution >= 0.6 is 0 Å². The number of primary amides is 1. The van der Waals surface area contributed by atoms with Gasteiger partial charge in [-0.1, -0.05) is 109 Å². The van der Waals surface area contributed by atoms with Gasteiger partial charge in [-0.15, -0.1) is 0 Å². The number of nitrogens with two attached hydrogens (primary N) is 3. The van der Waals surface area contributed by atoms with Crippen molar-refractivity contribution in [3.63, 3.8) is 0 Å². The molecule has 0 saturated heterocycles. The number of aliphatic carboxylic acids is 2. The van der Waals surface area contributed by atoms with E-state index in [-0.39, 0.29) is 171 Å². The highest BCUT2D eigenvalue weighted by atomic mass is 16.5. The monoisotopic (exact) mass is 1190 g/mol. The summed E-state index contributed by atoms with van der Waals surface area (Å²) >= 11 is 0. The van der Waals surface area contributed by atoms with Crippen LogP contribution in [0.3, 0.4) is 0 Å². The average molecular weight is 1190 g/mol. The number of carbonyl (C=O) groups excluding carboxylic acids is 7. The van der Waals surface area contributed by atoms with Crippen LogP contribution in [0.4, 0.5) is 0 Å². The van der Waals surface area contributed by atoms with Crippen molar-refractivity contribution >= 4 is 58.9 Å². The zero-order valence-electron chi connectivity index (χ0n) is 50.4. The van der Waals surface area contributed by atoms with E-state index in [4.69, 9.17) is 41.3 Å². The number of benzene rings is 1. The van der Waals surface area contributed by atoms with Crippen molar-refractivity contribution in [1.82, 2.24) is 20.9 Å². The lowest BCUT2D eigenvalue weighted by atomic mass is 9.89. The number of aliphatic imine (C=N–C) groups is 1. The quantitative estimate of drug-likeness (QED) is 0.0246. The Balaban J connectivity index is 2.24. The van der Waals surface area contributed by atoms with Crippen LogP contribution < -0.4 is 33.2 Å². The Bertz CT molecular complexity index is 2090. The molecular weight excluding hydrogens is 1090 g/mol. The van der Waals surface area contributed by atoms with Crippen molar-refractivity contribution in [3.05, 3.63) is 29.8 Å². The van der Waals surface area contributed by atoms with Crippen molar-refractivity contribution in [2.24, 2.45) is 39.9 Å². The highest BCUT2D eigenvalue weighted by Crippen LogP contribution is 2.21. The number of Topliss-reactive ketones (excluding diaryl/α,β-unsaturated/α-hetero) is 3. The fourth-order valence-corrected chi connectivity index (χ4v) is 9.28. The third-order valence-electron chi connectivity index (χ3n) is 14.4. The maximum atomic E-state index is 13.8. The van der Waals surface area contributed by atoms with E-state index >= 15 is 0 Å². The van der Waals surface area contributed by atoms with Crippen LogP contribution in [-0.2, 0) is 68.5 Å². The second-order valence-corrected chi connectivity index (χ2v) is 21.6. The summed E-state index contributed by atoms with van der Waals surface area (Å²) in [6.45, 7) is 4.39. The minimum Gasteiger partial charge on any atom is -0.508 e. The van der Waals surface area contributed by atoms with E-state index in [1.165, 1.54) is 57.1 Å². The summed E-state index contributed by atoms with van der Waals surface area (Å²) in [5.74, 6) is -6.50. The Morgan fingerprint density at radius 1 is 0.595 bits per heavy atom. The van der Waals surface area contributed by atoms with Crippen LogP contribution in [-0.4, -0.2) is 177 Å². The number of amides is 4. The smallest absolute Gasteiger partial charge is 0.306 e. The number of carboxylic acid groups (broad SMARTS) is 2. The van der Waals surface area contributed by atoms with E-state index in [0.717, 1.165) is 44.9 Å². The number of carbonyl (C=O) groups is 9. The summed E-state index contributed by atoms with van der Waals surface area (Å²) in [4.78, 5) is 118. The normalized spacial score (nSPS) is 13.0. The minimum atomic E-state index is -1.09. The number of guanidine groups is 1. The second-order valence-electron chi connectivity index (χ2n) is 21.6.